The predicted molar refractivity (Wildman–Crippen MR) is 99.3 cm³/mol. The summed E-state index contributed by atoms with van der Waals surface area (Å²) in [6, 6.07) is 9.80. The Morgan fingerprint density at radius 1 is 1.32 bits per heavy atom. The number of ether oxygens (including phenoxy) is 1. The van der Waals surface area contributed by atoms with E-state index in [0.717, 1.165) is 38.1 Å². The normalized spacial score (nSPS) is 15.9. The van der Waals surface area contributed by atoms with Crippen molar-refractivity contribution in [2.24, 2.45) is 0 Å². The van der Waals surface area contributed by atoms with Gasteiger partial charge in [0.25, 0.3) is 0 Å². The number of rotatable bonds is 6. The zero-order chi connectivity index (χ0) is 16.8. The zero-order valence-electron chi connectivity index (χ0n) is 14.4. The number of carbonyl (C=O) groups excluding carboxylic acids is 1. The van der Waals surface area contributed by atoms with Gasteiger partial charge < -0.3 is 15.4 Å². The summed E-state index contributed by atoms with van der Waals surface area (Å²) in [5.74, 6) is 0.899. The predicted octanol–water partition coefficient (Wildman–Crippen LogP) is 1.75. The maximum absolute atomic E-state index is 12.9. The first-order valence-corrected chi connectivity index (χ1v) is 8.37. The van der Waals surface area contributed by atoms with Gasteiger partial charge in [0.2, 0.25) is 5.91 Å². The molecule has 1 saturated heterocycles. The van der Waals surface area contributed by atoms with Gasteiger partial charge in [0.05, 0.1) is 7.11 Å². The molecule has 0 atom stereocenters. The number of halogens is 1. The Morgan fingerprint density at radius 3 is 2.64 bits per heavy atom. The number of nitrogens with one attached hydrogen (secondary N) is 2. The number of hydrogen-bond acceptors (Lipinski definition) is 4. The lowest BCUT2D eigenvalue weighted by Gasteiger charge is -2.36. The number of piperidine rings is 1. The minimum atomic E-state index is -0.575. The van der Waals surface area contributed by atoms with Crippen molar-refractivity contribution in [2.75, 3.05) is 26.7 Å². The van der Waals surface area contributed by atoms with Crippen molar-refractivity contribution >= 4 is 18.3 Å². The van der Waals surface area contributed by atoms with E-state index in [9.17, 15) is 4.79 Å². The van der Waals surface area contributed by atoms with Crippen LogP contribution in [0.1, 0.15) is 18.4 Å². The van der Waals surface area contributed by atoms with Crippen molar-refractivity contribution in [1.29, 1.82) is 0 Å². The fraction of sp³-hybridized carbons (Fsp3) is 0.444. The molecular weight excluding hydrogens is 340 g/mol. The summed E-state index contributed by atoms with van der Waals surface area (Å²) in [4.78, 5) is 12.9. The second-order valence-electron chi connectivity index (χ2n) is 6.09. The van der Waals surface area contributed by atoms with E-state index in [0.29, 0.717) is 6.54 Å². The number of benzene rings is 1. The highest BCUT2D eigenvalue weighted by molar-refractivity contribution is 5.85. The fourth-order valence-electron chi connectivity index (χ4n) is 3.20. The molecule has 0 spiro atoms. The van der Waals surface area contributed by atoms with Crippen molar-refractivity contribution in [2.45, 2.75) is 24.8 Å². The Labute approximate surface area is 154 Å². The van der Waals surface area contributed by atoms with Gasteiger partial charge in [-0.2, -0.15) is 5.10 Å². The first-order chi connectivity index (χ1) is 11.7. The first-order valence-electron chi connectivity index (χ1n) is 8.37. The minimum absolute atomic E-state index is 0. The van der Waals surface area contributed by atoms with Crippen molar-refractivity contribution in [3.63, 3.8) is 0 Å². The number of carbonyl (C=O) groups is 1. The number of aromatic nitrogens is 2. The molecule has 3 rings (SSSR count). The van der Waals surface area contributed by atoms with Crippen molar-refractivity contribution in [3.05, 3.63) is 48.3 Å². The fourth-order valence-corrected chi connectivity index (χ4v) is 3.20. The maximum atomic E-state index is 12.9. The molecule has 2 aromatic rings. The van der Waals surface area contributed by atoms with Crippen LogP contribution in [0.2, 0.25) is 0 Å². The summed E-state index contributed by atoms with van der Waals surface area (Å²) in [7, 11) is 1.66. The molecule has 1 aromatic heterocycles. The number of methoxy groups -OCH3 is 1. The Hall–Kier alpha value is -2.05. The van der Waals surface area contributed by atoms with Gasteiger partial charge in [-0.25, -0.2) is 0 Å². The maximum Gasteiger partial charge on any atom is 0.248 e. The third-order valence-corrected chi connectivity index (χ3v) is 4.65. The number of amides is 1. The highest BCUT2D eigenvalue weighted by atomic mass is 35.5. The quantitative estimate of drug-likeness (QED) is 0.819. The van der Waals surface area contributed by atoms with Crippen LogP contribution in [-0.4, -0.2) is 42.4 Å². The van der Waals surface area contributed by atoms with E-state index in [1.807, 2.05) is 41.2 Å². The molecule has 0 radical (unpaired) electrons. The lowest BCUT2D eigenvalue weighted by Crippen LogP contribution is -2.54. The molecule has 0 bridgehead atoms. The van der Waals surface area contributed by atoms with Gasteiger partial charge in [0.1, 0.15) is 11.3 Å². The van der Waals surface area contributed by atoms with Crippen LogP contribution in [0.25, 0.3) is 0 Å². The molecule has 2 heterocycles. The lowest BCUT2D eigenvalue weighted by atomic mass is 9.87. The number of hydrogen-bond donors (Lipinski definition) is 2. The molecule has 1 aromatic carbocycles. The van der Waals surface area contributed by atoms with Crippen LogP contribution in [0.4, 0.5) is 0 Å². The summed E-state index contributed by atoms with van der Waals surface area (Å²) in [6.45, 7) is 2.26. The number of nitrogens with zero attached hydrogens (tertiary/aromatic N) is 2. The molecule has 1 fully saturated rings. The SMILES string of the molecule is COc1ccc(CCNC(=O)C2(n3cccn3)CCNCC2)cc1.Cl. The van der Waals surface area contributed by atoms with Crippen LogP contribution < -0.4 is 15.4 Å². The van der Waals surface area contributed by atoms with Gasteiger partial charge in [-0.1, -0.05) is 12.1 Å². The highest BCUT2D eigenvalue weighted by Gasteiger charge is 2.41. The molecule has 1 aliphatic rings. The molecule has 6 nitrogen and oxygen atoms in total. The first kappa shape index (κ1) is 19.3. The summed E-state index contributed by atoms with van der Waals surface area (Å²) in [6.07, 6.45) is 5.91. The van der Waals surface area contributed by atoms with Crippen molar-refractivity contribution < 1.29 is 9.53 Å². The Bertz CT molecular complexity index is 652. The summed E-state index contributed by atoms with van der Waals surface area (Å²) in [5.41, 5.74) is 0.601. The van der Waals surface area contributed by atoms with Crippen LogP contribution in [0, 0.1) is 0 Å². The van der Waals surface area contributed by atoms with Gasteiger partial charge in [0, 0.05) is 18.9 Å². The van der Waals surface area contributed by atoms with Crippen LogP contribution in [0.5, 0.6) is 5.75 Å². The smallest absolute Gasteiger partial charge is 0.248 e. The van der Waals surface area contributed by atoms with E-state index in [1.54, 1.807) is 13.3 Å². The van der Waals surface area contributed by atoms with Crippen molar-refractivity contribution in [3.8, 4) is 5.75 Å². The average Bonchev–Trinajstić information content (AvgIpc) is 3.18. The molecule has 0 unspecified atom stereocenters. The molecule has 0 saturated carbocycles. The second-order valence-corrected chi connectivity index (χ2v) is 6.09. The molecule has 7 heteroatoms. The van der Waals surface area contributed by atoms with Crippen LogP contribution in [0.15, 0.2) is 42.7 Å². The topological polar surface area (TPSA) is 68.2 Å². The van der Waals surface area contributed by atoms with Gasteiger partial charge in [-0.05, 0) is 56.1 Å². The third kappa shape index (κ3) is 4.32. The molecule has 25 heavy (non-hydrogen) atoms. The monoisotopic (exact) mass is 364 g/mol. The Kier molecular flexibility index (Phi) is 6.84. The van der Waals surface area contributed by atoms with Gasteiger partial charge >= 0.3 is 0 Å². The van der Waals surface area contributed by atoms with E-state index >= 15 is 0 Å². The van der Waals surface area contributed by atoms with Gasteiger partial charge in [-0.3, -0.25) is 9.48 Å². The Morgan fingerprint density at radius 2 is 2.04 bits per heavy atom. The van der Waals surface area contributed by atoms with Crippen LogP contribution >= 0.6 is 12.4 Å². The van der Waals surface area contributed by atoms with E-state index in [1.165, 1.54) is 5.56 Å². The second kappa shape index (κ2) is 8.87. The molecule has 136 valence electrons. The molecule has 2 N–H and O–H groups in total. The standard InChI is InChI=1S/C18H24N4O2.ClH/c1-24-16-5-3-15(4-6-16)7-11-20-17(23)18(8-12-19-13-9-18)22-14-2-10-21-22;/h2-6,10,14,19H,7-9,11-13H2,1H3,(H,20,23);1H. The van der Waals surface area contributed by atoms with Crippen LogP contribution in [0.3, 0.4) is 0 Å². The van der Waals surface area contributed by atoms with Crippen molar-refractivity contribution in [1.82, 2.24) is 20.4 Å². The zero-order valence-corrected chi connectivity index (χ0v) is 15.2. The molecule has 0 aliphatic carbocycles. The summed E-state index contributed by atoms with van der Waals surface area (Å²) in [5, 5.41) is 10.7. The Balaban J connectivity index is 0.00000225. The molecular formula is C18H25ClN4O2. The minimum Gasteiger partial charge on any atom is -0.497 e. The highest BCUT2D eigenvalue weighted by Crippen LogP contribution is 2.27. The summed E-state index contributed by atoms with van der Waals surface area (Å²) >= 11 is 0. The van der Waals surface area contributed by atoms with E-state index in [4.69, 9.17) is 4.74 Å². The molecule has 1 amide bonds. The third-order valence-electron chi connectivity index (χ3n) is 4.65. The lowest BCUT2D eigenvalue weighted by molar-refractivity contribution is -0.131. The van der Waals surface area contributed by atoms with E-state index in [2.05, 4.69) is 15.7 Å². The molecule has 1 aliphatic heterocycles. The summed E-state index contributed by atoms with van der Waals surface area (Å²) < 4.78 is 6.98. The van der Waals surface area contributed by atoms with Gasteiger partial charge in [0.15, 0.2) is 0 Å². The van der Waals surface area contributed by atoms with E-state index in [-0.39, 0.29) is 18.3 Å². The van der Waals surface area contributed by atoms with Crippen LogP contribution in [-0.2, 0) is 16.8 Å². The van der Waals surface area contributed by atoms with E-state index < -0.39 is 5.54 Å². The largest absolute Gasteiger partial charge is 0.497 e. The van der Waals surface area contributed by atoms with Gasteiger partial charge in [-0.15, -0.1) is 12.4 Å². The average molecular weight is 365 g/mol.